The zero-order valence-electron chi connectivity index (χ0n) is 8.10. The zero-order valence-corrected chi connectivity index (χ0v) is 9.73. The Kier molecular flexibility index (Phi) is 1.83. The van der Waals surface area contributed by atoms with E-state index >= 15 is 0 Å². The lowest BCUT2D eigenvalue weighted by atomic mass is 10.3. The molecule has 0 saturated heterocycles. The number of aryl methyl sites for hydroxylation is 1. The molecule has 3 aromatic rings. The molecule has 0 bridgehead atoms. The second kappa shape index (κ2) is 3.08. The summed E-state index contributed by atoms with van der Waals surface area (Å²) >= 11 is 3.40. The highest BCUT2D eigenvalue weighted by Crippen LogP contribution is 2.35. The molecule has 0 radical (unpaired) electrons. The molecule has 5 heteroatoms. The third-order valence-electron chi connectivity index (χ3n) is 2.31. The average molecular weight is 235 g/mol. The number of fused-ring (bicyclic) bond motifs is 1. The first-order valence-electron chi connectivity index (χ1n) is 4.53. The van der Waals surface area contributed by atoms with Gasteiger partial charge in [0.2, 0.25) is 0 Å². The van der Waals surface area contributed by atoms with E-state index in [2.05, 4.69) is 29.4 Å². The quantitative estimate of drug-likeness (QED) is 0.704. The normalized spacial score (nSPS) is 11.3. The maximum Gasteiger partial charge on any atom is 0.196 e. The zero-order chi connectivity index (χ0) is 10.4. The lowest BCUT2D eigenvalue weighted by Crippen LogP contribution is -1.92. The van der Waals surface area contributed by atoms with Crippen LogP contribution in [0, 0.1) is 6.92 Å². The maximum atomic E-state index is 5.91. The summed E-state index contributed by atoms with van der Waals surface area (Å²) in [5.41, 5.74) is 7.09. The summed E-state index contributed by atoms with van der Waals surface area (Å²) in [7, 11) is 0. The van der Waals surface area contributed by atoms with Crippen molar-refractivity contribution in [2.45, 2.75) is 6.92 Å². The number of rotatable bonds is 1. The minimum absolute atomic E-state index is 0.706. The van der Waals surface area contributed by atoms with Gasteiger partial charge in [-0.2, -0.15) is 0 Å². The van der Waals surface area contributed by atoms with Gasteiger partial charge in [0.15, 0.2) is 4.96 Å². The SMILES string of the molecule is Cc1sc2ncc(N)n2c1-c1cccs1. The van der Waals surface area contributed by atoms with Crippen molar-refractivity contribution in [2.75, 3.05) is 5.73 Å². The lowest BCUT2D eigenvalue weighted by Gasteiger charge is -1.99. The lowest BCUT2D eigenvalue weighted by molar-refractivity contribution is 1.24. The third kappa shape index (κ3) is 1.20. The van der Waals surface area contributed by atoms with Crippen molar-refractivity contribution in [3.8, 4) is 10.6 Å². The molecule has 0 aliphatic carbocycles. The highest BCUT2D eigenvalue weighted by molar-refractivity contribution is 7.18. The molecular weight excluding hydrogens is 226 g/mol. The van der Waals surface area contributed by atoms with Crippen molar-refractivity contribution in [1.29, 1.82) is 0 Å². The first-order valence-corrected chi connectivity index (χ1v) is 6.23. The fourth-order valence-corrected chi connectivity index (χ4v) is 3.53. The molecule has 76 valence electrons. The number of nitrogens with two attached hydrogens (primary N) is 1. The van der Waals surface area contributed by atoms with Gasteiger partial charge in [-0.25, -0.2) is 4.98 Å². The van der Waals surface area contributed by atoms with E-state index in [1.165, 1.54) is 15.4 Å². The Labute approximate surface area is 94.8 Å². The van der Waals surface area contributed by atoms with E-state index in [0.29, 0.717) is 5.82 Å². The average Bonchev–Trinajstić information content (AvgIpc) is 2.85. The van der Waals surface area contributed by atoms with E-state index in [1.54, 1.807) is 28.9 Å². The van der Waals surface area contributed by atoms with E-state index in [1.807, 2.05) is 4.40 Å². The second-order valence-corrected chi connectivity index (χ2v) is 5.41. The van der Waals surface area contributed by atoms with Crippen molar-refractivity contribution in [3.05, 3.63) is 28.6 Å². The van der Waals surface area contributed by atoms with Crippen LogP contribution in [0.25, 0.3) is 15.5 Å². The molecule has 15 heavy (non-hydrogen) atoms. The van der Waals surface area contributed by atoms with Gasteiger partial charge in [-0.1, -0.05) is 6.07 Å². The summed E-state index contributed by atoms with van der Waals surface area (Å²) < 4.78 is 2.02. The smallest absolute Gasteiger partial charge is 0.196 e. The Morgan fingerprint density at radius 1 is 1.47 bits per heavy atom. The summed E-state index contributed by atoms with van der Waals surface area (Å²) in [5.74, 6) is 0.706. The highest BCUT2D eigenvalue weighted by Gasteiger charge is 2.14. The number of thiazole rings is 1. The topological polar surface area (TPSA) is 43.3 Å². The maximum absolute atomic E-state index is 5.91. The molecule has 2 N–H and O–H groups in total. The first kappa shape index (κ1) is 8.94. The molecule has 0 atom stereocenters. The molecular formula is C10H9N3S2. The number of anilines is 1. The molecule has 0 unspecified atom stereocenters. The number of thiophene rings is 1. The monoisotopic (exact) mass is 235 g/mol. The fraction of sp³-hybridized carbons (Fsp3) is 0.100. The van der Waals surface area contributed by atoms with Crippen molar-refractivity contribution < 1.29 is 0 Å². The third-order valence-corrected chi connectivity index (χ3v) is 4.16. The Morgan fingerprint density at radius 2 is 2.33 bits per heavy atom. The van der Waals surface area contributed by atoms with Gasteiger partial charge in [0.05, 0.1) is 16.8 Å². The van der Waals surface area contributed by atoms with Crippen LogP contribution >= 0.6 is 22.7 Å². The molecule has 3 heterocycles. The van der Waals surface area contributed by atoms with Crippen LogP contribution in [0.4, 0.5) is 5.82 Å². The van der Waals surface area contributed by atoms with Crippen molar-refractivity contribution >= 4 is 33.5 Å². The standard InChI is InChI=1S/C10H9N3S2/c1-6-9(7-3-2-4-14-7)13-8(11)5-12-10(13)15-6/h2-5H,11H2,1H3. The Balaban J connectivity index is 2.42. The number of nitrogen functional groups attached to an aromatic ring is 1. The minimum Gasteiger partial charge on any atom is -0.383 e. The van der Waals surface area contributed by atoms with Crippen LogP contribution in [-0.4, -0.2) is 9.38 Å². The fourth-order valence-electron chi connectivity index (χ4n) is 1.68. The van der Waals surface area contributed by atoms with Crippen LogP contribution in [0.1, 0.15) is 4.88 Å². The molecule has 3 rings (SSSR count). The van der Waals surface area contributed by atoms with Crippen LogP contribution in [0.5, 0.6) is 0 Å². The predicted molar refractivity (Wildman–Crippen MR) is 65.5 cm³/mol. The van der Waals surface area contributed by atoms with Crippen molar-refractivity contribution in [3.63, 3.8) is 0 Å². The Hall–Kier alpha value is -1.33. The van der Waals surface area contributed by atoms with Crippen LogP contribution in [0.2, 0.25) is 0 Å². The van der Waals surface area contributed by atoms with Gasteiger partial charge in [-0.3, -0.25) is 4.40 Å². The molecule has 0 aliphatic rings. The van der Waals surface area contributed by atoms with Gasteiger partial charge < -0.3 is 5.73 Å². The van der Waals surface area contributed by atoms with E-state index < -0.39 is 0 Å². The van der Waals surface area contributed by atoms with E-state index in [0.717, 1.165) is 4.96 Å². The molecule has 0 fully saturated rings. The Morgan fingerprint density at radius 3 is 3.07 bits per heavy atom. The summed E-state index contributed by atoms with van der Waals surface area (Å²) in [5, 5.41) is 2.07. The highest BCUT2D eigenvalue weighted by atomic mass is 32.1. The van der Waals surface area contributed by atoms with Crippen molar-refractivity contribution in [2.24, 2.45) is 0 Å². The molecule has 0 aromatic carbocycles. The number of hydrogen-bond donors (Lipinski definition) is 1. The minimum atomic E-state index is 0.706. The largest absolute Gasteiger partial charge is 0.383 e. The van der Waals surface area contributed by atoms with E-state index in [4.69, 9.17) is 5.73 Å². The number of hydrogen-bond acceptors (Lipinski definition) is 4. The van der Waals surface area contributed by atoms with Gasteiger partial charge >= 0.3 is 0 Å². The summed E-state index contributed by atoms with van der Waals surface area (Å²) in [6.45, 7) is 2.10. The predicted octanol–water partition coefficient (Wildman–Crippen LogP) is 3.01. The number of aromatic nitrogens is 2. The first-order chi connectivity index (χ1) is 7.27. The molecule has 0 spiro atoms. The molecule has 0 aliphatic heterocycles. The molecule has 0 saturated carbocycles. The van der Waals surface area contributed by atoms with Crippen molar-refractivity contribution in [1.82, 2.24) is 9.38 Å². The van der Waals surface area contributed by atoms with Crippen LogP contribution < -0.4 is 5.73 Å². The van der Waals surface area contributed by atoms with Gasteiger partial charge in [0.25, 0.3) is 0 Å². The molecule has 3 nitrogen and oxygen atoms in total. The molecule has 3 aromatic heterocycles. The molecule has 0 amide bonds. The van der Waals surface area contributed by atoms with E-state index in [9.17, 15) is 0 Å². The summed E-state index contributed by atoms with van der Waals surface area (Å²) in [6, 6.07) is 4.16. The second-order valence-electron chi connectivity index (χ2n) is 3.29. The van der Waals surface area contributed by atoms with Crippen LogP contribution in [0.15, 0.2) is 23.7 Å². The Bertz CT molecular complexity index is 604. The van der Waals surface area contributed by atoms with Gasteiger partial charge in [-0.05, 0) is 18.4 Å². The van der Waals surface area contributed by atoms with E-state index in [-0.39, 0.29) is 0 Å². The number of nitrogens with zero attached hydrogens (tertiary/aromatic N) is 2. The van der Waals surface area contributed by atoms with Gasteiger partial charge in [0.1, 0.15) is 5.82 Å². The summed E-state index contributed by atoms with van der Waals surface area (Å²) in [6.07, 6.45) is 1.71. The van der Waals surface area contributed by atoms with Gasteiger partial charge in [-0.15, -0.1) is 22.7 Å². The van der Waals surface area contributed by atoms with Gasteiger partial charge in [0, 0.05) is 4.88 Å². The summed E-state index contributed by atoms with van der Waals surface area (Å²) in [4.78, 5) is 7.73. The van der Waals surface area contributed by atoms with Crippen LogP contribution in [-0.2, 0) is 0 Å². The number of imidazole rings is 1. The van der Waals surface area contributed by atoms with Crippen LogP contribution in [0.3, 0.4) is 0 Å².